The Morgan fingerprint density at radius 2 is 2.17 bits per heavy atom. The van der Waals surface area contributed by atoms with Gasteiger partial charge in [0.05, 0.1) is 10.4 Å². The quantitative estimate of drug-likeness (QED) is 0.898. The number of aromatic nitrogens is 2. The molecule has 2 aromatic rings. The van der Waals surface area contributed by atoms with Crippen LogP contribution in [0, 0.1) is 0 Å². The van der Waals surface area contributed by atoms with Gasteiger partial charge in [-0.2, -0.15) is 4.98 Å². The molecule has 2 aromatic heterocycles. The minimum absolute atomic E-state index is 0. The van der Waals surface area contributed by atoms with Crippen molar-refractivity contribution in [3.63, 3.8) is 0 Å². The molecule has 0 aromatic carbocycles. The number of amides is 1. The Morgan fingerprint density at radius 3 is 2.88 bits per heavy atom. The van der Waals surface area contributed by atoms with E-state index in [2.05, 4.69) is 10.1 Å². The molecule has 4 rings (SSSR count). The standard InChI is InChI=1S/C16H20N4O2S.ClH/c17-16(7-1-2-8-16)15-18-13(22-19-15)11-5-3-9-20(11)14(21)12-6-4-10-23-12;/h4,6,10-11H,1-3,5,7-9,17H2;1H. The average molecular weight is 369 g/mol. The molecule has 0 spiro atoms. The Balaban J connectivity index is 0.00000169. The minimum atomic E-state index is -0.455. The van der Waals surface area contributed by atoms with Gasteiger partial charge in [0, 0.05) is 6.54 Å². The second-order valence-corrected chi connectivity index (χ2v) is 7.40. The van der Waals surface area contributed by atoms with Crippen molar-refractivity contribution in [3.8, 4) is 0 Å². The first-order valence-electron chi connectivity index (χ1n) is 8.15. The van der Waals surface area contributed by atoms with Crippen LogP contribution >= 0.6 is 23.7 Å². The van der Waals surface area contributed by atoms with Gasteiger partial charge in [-0.25, -0.2) is 0 Å². The fraction of sp³-hybridized carbons (Fsp3) is 0.562. The Labute approximate surface area is 150 Å². The maximum Gasteiger partial charge on any atom is 0.264 e. The molecule has 8 heteroatoms. The lowest BCUT2D eigenvalue weighted by Crippen LogP contribution is -2.34. The highest BCUT2D eigenvalue weighted by atomic mass is 35.5. The highest BCUT2D eigenvalue weighted by Crippen LogP contribution is 2.37. The lowest BCUT2D eigenvalue weighted by Gasteiger charge is -2.21. The van der Waals surface area contributed by atoms with E-state index in [1.807, 2.05) is 22.4 Å². The number of likely N-dealkylation sites (tertiary alicyclic amines) is 1. The second-order valence-electron chi connectivity index (χ2n) is 6.45. The number of nitrogens with zero attached hydrogens (tertiary/aromatic N) is 3. The van der Waals surface area contributed by atoms with Crippen LogP contribution in [0.2, 0.25) is 0 Å². The summed E-state index contributed by atoms with van der Waals surface area (Å²) in [5.74, 6) is 1.17. The zero-order valence-electron chi connectivity index (χ0n) is 13.3. The number of carbonyl (C=O) groups excluding carboxylic acids is 1. The molecule has 1 saturated carbocycles. The van der Waals surface area contributed by atoms with Gasteiger partial charge in [0.25, 0.3) is 5.91 Å². The molecule has 2 aliphatic rings. The summed E-state index contributed by atoms with van der Waals surface area (Å²) in [5, 5.41) is 6.04. The van der Waals surface area contributed by atoms with Crippen molar-refractivity contribution in [2.45, 2.75) is 50.1 Å². The van der Waals surface area contributed by atoms with Gasteiger partial charge in [0.15, 0.2) is 5.82 Å². The Hall–Kier alpha value is -1.44. The van der Waals surface area contributed by atoms with Gasteiger partial charge >= 0.3 is 0 Å². The summed E-state index contributed by atoms with van der Waals surface area (Å²) in [6, 6.07) is 3.62. The summed E-state index contributed by atoms with van der Waals surface area (Å²) < 4.78 is 5.49. The molecule has 24 heavy (non-hydrogen) atoms. The van der Waals surface area contributed by atoms with Gasteiger partial charge < -0.3 is 15.2 Å². The number of nitrogens with two attached hydrogens (primary N) is 1. The molecule has 0 radical (unpaired) electrons. The molecule has 2 N–H and O–H groups in total. The van der Waals surface area contributed by atoms with Gasteiger partial charge in [-0.1, -0.05) is 24.1 Å². The molecule has 6 nitrogen and oxygen atoms in total. The molecule has 3 heterocycles. The summed E-state index contributed by atoms with van der Waals surface area (Å²) in [5.41, 5.74) is 5.94. The highest BCUT2D eigenvalue weighted by molar-refractivity contribution is 7.12. The molecule has 130 valence electrons. The summed E-state index contributed by atoms with van der Waals surface area (Å²) in [6.45, 7) is 0.729. The van der Waals surface area contributed by atoms with Crippen LogP contribution in [0.1, 0.15) is 66.0 Å². The highest BCUT2D eigenvalue weighted by Gasteiger charge is 2.39. The first-order chi connectivity index (χ1) is 11.2. The van der Waals surface area contributed by atoms with Gasteiger partial charge in [0.1, 0.15) is 6.04 Å². The number of thiophene rings is 1. The van der Waals surface area contributed by atoms with Gasteiger partial charge in [-0.05, 0) is 37.1 Å². The summed E-state index contributed by atoms with van der Waals surface area (Å²) in [6.07, 6.45) is 5.81. The van der Waals surface area contributed by atoms with Crippen LogP contribution in [0.4, 0.5) is 0 Å². The van der Waals surface area contributed by atoms with Crippen molar-refractivity contribution in [2.24, 2.45) is 5.73 Å². The van der Waals surface area contributed by atoms with Crippen molar-refractivity contribution in [2.75, 3.05) is 6.54 Å². The van der Waals surface area contributed by atoms with Crippen molar-refractivity contribution < 1.29 is 9.32 Å². The van der Waals surface area contributed by atoms with E-state index < -0.39 is 5.54 Å². The molecule has 1 aliphatic carbocycles. The van der Waals surface area contributed by atoms with Crippen LogP contribution in [0.5, 0.6) is 0 Å². The third-order valence-corrected chi connectivity index (χ3v) is 5.77. The predicted molar refractivity (Wildman–Crippen MR) is 93.2 cm³/mol. The molecule has 1 atom stereocenters. The van der Waals surface area contributed by atoms with Crippen molar-refractivity contribution >= 4 is 29.7 Å². The van der Waals surface area contributed by atoms with Gasteiger partial charge in [-0.15, -0.1) is 23.7 Å². The molecular formula is C16H21ClN4O2S. The number of carbonyl (C=O) groups is 1. The van der Waals surface area contributed by atoms with E-state index >= 15 is 0 Å². The predicted octanol–water partition coefficient (Wildman–Crippen LogP) is 3.26. The van der Waals surface area contributed by atoms with Gasteiger partial charge in [0.2, 0.25) is 5.89 Å². The van der Waals surface area contributed by atoms with Crippen LogP contribution in [0.15, 0.2) is 22.0 Å². The smallest absolute Gasteiger partial charge is 0.264 e. The van der Waals surface area contributed by atoms with Crippen molar-refractivity contribution in [3.05, 3.63) is 34.1 Å². The Kier molecular flexibility index (Phi) is 4.94. The number of hydrogen-bond acceptors (Lipinski definition) is 6. The number of rotatable bonds is 3. The Bertz CT molecular complexity index is 697. The van der Waals surface area contributed by atoms with E-state index in [1.165, 1.54) is 11.3 Å². The van der Waals surface area contributed by atoms with Gasteiger partial charge in [-0.3, -0.25) is 4.79 Å². The summed E-state index contributed by atoms with van der Waals surface area (Å²) in [7, 11) is 0. The zero-order chi connectivity index (χ0) is 15.9. The van der Waals surface area contributed by atoms with E-state index in [-0.39, 0.29) is 24.4 Å². The zero-order valence-corrected chi connectivity index (χ0v) is 14.9. The molecule has 1 aliphatic heterocycles. The van der Waals surface area contributed by atoms with Crippen LogP contribution < -0.4 is 5.73 Å². The SMILES string of the molecule is Cl.NC1(c2noc(C3CCCN3C(=O)c3cccs3)n2)CCCC1. The molecule has 1 unspecified atom stereocenters. The fourth-order valence-electron chi connectivity index (χ4n) is 3.61. The monoisotopic (exact) mass is 368 g/mol. The second kappa shape index (κ2) is 6.82. The average Bonchev–Trinajstić information content (AvgIpc) is 3.30. The first kappa shape index (κ1) is 17.4. The van der Waals surface area contributed by atoms with E-state index in [4.69, 9.17) is 10.3 Å². The normalized spacial score (nSPS) is 22.5. The first-order valence-corrected chi connectivity index (χ1v) is 9.03. The van der Waals surface area contributed by atoms with E-state index in [0.29, 0.717) is 11.7 Å². The van der Waals surface area contributed by atoms with Crippen molar-refractivity contribution in [1.82, 2.24) is 15.0 Å². The van der Waals surface area contributed by atoms with Crippen molar-refractivity contribution in [1.29, 1.82) is 0 Å². The summed E-state index contributed by atoms with van der Waals surface area (Å²) in [4.78, 5) is 19.8. The topological polar surface area (TPSA) is 85.2 Å². The maximum atomic E-state index is 12.6. The molecule has 1 saturated heterocycles. The largest absolute Gasteiger partial charge is 0.337 e. The van der Waals surface area contributed by atoms with Crippen LogP contribution in [0.3, 0.4) is 0 Å². The van der Waals surface area contributed by atoms with E-state index in [9.17, 15) is 4.79 Å². The van der Waals surface area contributed by atoms with Crippen LogP contribution in [-0.2, 0) is 5.54 Å². The Morgan fingerprint density at radius 1 is 1.38 bits per heavy atom. The fourth-order valence-corrected chi connectivity index (χ4v) is 4.29. The lowest BCUT2D eigenvalue weighted by atomic mass is 9.98. The van der Waals surface area contributed by atoms with E-state index in [0.717, 1.165) is 49.9 Å². The van der Waals surface area contributed by atoms with Crippen LogP contribution in [-0.4, -0.2) is 27.5 Å². The minimum Gasteiger partial charge on any atom is -0.337 e. The molecule has 1 amide bonds. The van der Waals surface area contributed by atoms with E-state index in [1.54, 1.807) is 0 Å². The summed E-state index contributed by atoms with van der Waals surface area (Å²) >= 11 is 1.46. The molecular weight excluding hydrogens is 348 g/mol. The number of hydrogen-bond donors (Lipinski definition) is 1. The van der Waals surface area contributed by atoms with Crippen LogP contribution in [0.25, 0.3) is 0 Å². The third-order valence-electron chi connectivity index (χ3n) is 4.91. The number of halogens is 1. The maximum absolute atomic E-state index is 12.6. The third kappa shape index (κ3) is 2.96. The lowest BCUT2D eigenvalue weighted by molar-refractivity contribution is 0.0715. The molecule has 2 fully saturated rings. The molecule has 0 bridgehead atoms.